The molecule has 7 nitrogen and oxygen atoms in total. The molecule has 0 aliphatic heterocycles. The van der Waals surface area contributed by atoms with Gasteiger partial charge in [0.1, 0.15) is 11.4 Å². The number of aryl methyl sites for hydroxylation is 1. The number of rotatable bonds is 8. The summed E-state index contributed by atoms with van der Waals surface area (Å²) < 4.78 is 17.8. The van der Waals surface area contributed by atoms with Crippen molar-refractivity contribution < 1.29 is 23.5 Å². The Labute approximate surface area is 152 Å². The van der Waals surface area contributed by atoms with Crippen LogP contribution in [0.15, 0.2) is 24.3 Å². The fraction of sp³-hybridized carbons (Fsp3) is 0.500. The second kappa shape index (κ2) is 10.4. The Hall–Kier alpha value is -2.64. The van der Waals surface area contributed by atoms with Crippen molar-refractivity contribution in [3.05, 3.63) is 35.6 Å². The van der Waals surface area contributed by atoms with Crippen LogP contribution >= 0.6 is 0 Å². The van der Waals surface area contributed by atoms with Gasteiger partial charge in [-0.05, 0) is 44.9 Å². The van der Waals surface area contributed by atoms with Crippen LogP contribution in [0, 0.1) is 5.82 Å². The molecule has 1 rings (SSSR count). The first-order valence-electron chi connectivity index (χ1n) is 8.40. The van der Waals surface area contributed by atoms with E-state index >= 15 is 0 Å². The van der Waals surface area contributed by atoms with E-state index in [4.69, 9.17) is 4.74 Å². The summed E-state index contributed by atoms with van der Waals surface area (Å²) in [5, 5.41) is 7.59. The molecule has 0 aliphatic rings. The number of halogens is 1. The van der Waals surface area contributed by atoms with E-state index < -0.39 is 11.7 Å². The summed E-state index contributed by atoms with van der Waals surface area (Å²) >= 11 is 0. The largest absolute Gasteiger partial charge is 0.444 e. The Morgan fingerprint density at radius 3 is 2.12 bits per heavy atom. The predicted molar refractivity (Wildman–Crippen MR) is 95.0 cm³/mol. The van der Waals surface area contributed by atoms with Crippen molar-refractivity contribution in [2.75, 3.05) is 19.6 Å². The minimum absolute atomic E-state index is 0.157. The van der Waals surface area contributed by atoms with Gasteiger partial charge in [0.25, 0.3) is 0 Å². The number of amides is 3. The molecule has 0 radical (unpaired) electrons. The molecule has 0 unspecified atom stereocenters. The summed E-state index contributed by atoms with van der Waals surface area (Å²) in [7, 11) is 0. The molecule has 0 bridgehead atoms. The van der Waals surface area contributed by atoms with Crippen LogP contribution in [-0.2, 0) is 20.7 Å². The SMILES string of the molecule is CC(C)(C)OC(=O)NCC(=O)NCCNC(=O)CCc1ccc(F)cc1. The first kappa shape index (κ1) is 21.4. The van der Waals surface area contributed by atoms with Gasteiger partial charge in [-0.15, -0.1) is 0 Å². The van der Waals surface area contributed by atoms with Gasteiger partial charge in [-0.25, -0.2) is 9.18 Å². The fourth-order valence-corrected chi connectivity index (χ4v) is 1.93. The van der Waals surface area contributed by atoms with Crippen LogP contribution in [0.4, 0.5) is 9.18 Å². The van der Waals surface area contributed by atoms with Crippen molar-refractivity contribution >= 4 is 17.9 Å². The molecule has 0 atom stereocenters. The minimum Gasteiger partial charge on any atom is -0.444 e. The van der Waals surface area contributed by atoms with Crippen LogP contribution < -0.4 is 16.0 Å². The maximum atomic E-state index is 12.8. The summed E-state index contributed by atoms with van der Waals surface area (Å²) in [6.07, 6.45) is 0.125. The van der Waals surface area contributed by atoms with Gasteiger partial charge in [-0.1, -0.05) is 12.1 Å². The van der Waals surface area contributed by atoms with Crippen LogP contribution in [0.2, 0.25) is 0 Å². The lowest BCUT2D eigenvalue weighted by atomic mass is 10.1. The van der Waals surface area contributed by atoms with E-state index in [1.54, 1.807) is 32.9 Å². The van der Waals surface area contributed by atoms with Crippen molar-refractivity contribution in [3.63, 3.8) is 0 Å². The molecule has 0 spiro atoms. The predicted octanol–water partition coefficient (Wildman–Crippen LogP) is 1.52. The first-order valence-corrected chi connectivity index (χ1v) is 8.40. The van der Waals surface area contributed by atoms with Crippen LogP contribution in [0.3, 0.4) is 0 Å². The van der Waals surface area contributed by atoms with Gasteiger partial charge in [0, 0.05) is 19.5 Å². The lowest BCUT2D eigenvalue weighted by molar-refractivity contribution is -0.122. The molecule has 26 heavy (non-hydrogen) atoms. The number of carbonyl (C=O) groups excluding carboxylic acids is 3. The number of alkyl carbamates (subject to hydrolysis) is 1. The molecule has 8 heteroatoms. The van der Waals surface area contributed by atoms with Crippen LogP contribution in [0.1, 0.15) is 32.8 Å². The molecule has 0 saturated carbocycles. The maximum absolute atomic E-state index is 12.8. The van der Waals surface area contributed by atoms with Crippen molar-refractivity contribution in [2.45, 2.75) is 39.2 Å². The van der Waals surface area contributed by atoms with Crippen LogP contribution in [0.25, 0.3) is 0 Å². The third-order valence-electron chi connectivity index (χ3n) is 3.12. The molecule has 0 aliphatic carbocycles. The van der Waals surface area contributed by atoms with Crippen molar-refractivity contribution in [1.82, 2.24) is 16.0 Å². The second-order valence-corrected chi connectivity index (χ2v) is 6.68. The van der Waals surface area contributed by atoms with Crippen LogP contribution in [0.5, 0.6) is 0 Å². The Balaban J connectivity index is 2.09. The molecule has 3 N–H and O–H groups in total. The van der Waals surface area contributed by atoms with Gasteiger partial charge in [-0.3, -0.25) is 9.59 Å². The molecule has 144 valence electrons. The minimum atomic E-state index is -0.665. The van der Waals surface area contributed by atoms with E-state index in [0.717, 1.165) is 5.56 Å². The smallest absolute Gasteiger partial charge is 0.408 e. The van der Waals surface area contributed by atoms with Gasteiger partial charge in [-0.2, -0.15) is 0 Å². The molecule has 0 heterocycles. The highest BCUT2D eigenvalue weighted by Crippen LogP contribution is 2.06. The third kappa shape index (κ3) is 10.3. The van der Waals surface area contributed by atoms with Crippen molar-refractivity contribution in [1.29, 1.82) is 0 Å². The number of nitrogens with one attached hydrogen (secondary N) is 3. The van der Waals surface area contributed by atoms with Gasteiger partial charge in [0.15, 0.2) is 0 Å². The maximum Gasteiger partial charge on any atom is 0.408 e. The topological polar surface area (TPSA) is 96.5 Å². The molecule has 1 aromatic rings. The van der Waals surface area contributed by atoms with Crippen molar-refractivity contribution in [2.24, 2.45) is 0 Å². The summed E-state index contributed by atoms with van der Waals surface area (Å²) in [5.41, 5.74) is 0.252. The zero-order valence-corrected chi connectivity index (χ0v) is 15.4. The zero-order valence-electron chi connectivity index (χ0n) is 15.4. The molecule has 0 saturated heterocycles. The number of benzene rings is 1. The van der Waals surface area contributed by atoms with Gasteiger partial charge >= 0.3 is 6.09 Å². The average Bonchev–Trinajstić information content (AvgIpc) is 2.55. The fourth-order valence-electron chi connectivity index (χ4n) is 1.93. The lowest BCUT2D eigenvalue weighted by Crippen LogP contribution is -2.42. The Morgan fingerprint density at radius 1 is 0.962 bits per heavy atom. The molecule has 0 aromatic heterocycles. The van der Waals surface area contributed by atoms with E-state index in [2.05, 4.69) is 16.0 Å². The van der Waals surface area contributed by atoms with Gasteiger partial charge in [0.05, 0.1) is 6.54 Å². The van der Waals surface area contributed by atoms with E-state index in [9.17, 15) is 18.8 Å². The highest BCUT2D eigenvalue weighted by Gasteiger charge is 2.16. The number of hydrogen-bond acceptors (Lipinski definition) is 4. The molecule has 0 fully saturated rings. The summed E-state index contributed by atoms with van der Waals surface area (Å²) in [4.78, 5) is 34.7. The number of hydrogen-bond donors (Lipinski definition) is 3. The van der Waals surface area contributed by atoms with E-state index in [1.807, 2.05) is 0 Å². The molecular weight excluding hydrogens is 341 g/mol. The number of carbonyl (C=O) groups is 3. The monoisotopic (exact) mass is 367 g/mol. The zero-order chi connectivity index (χ0) is 19.6. The Kier molecular flexibility index (Phi) is 8.54. The van der Waals surface area contributed by atoms with Gasteiger partial charge < -0.3 is 20.7 Å². The average molecular weight is 367 g/mol. The van der Waals surface area contributed by atoms with E-state index in [0.29, 0.717) is 6.42 Å². The normalized spacial score (nSPS) is 10.8. The lowest BCUT2D eigenvalue weighted by Gasteiger charge is -2.19. The summed E-state index contributed by atoms with van der Waals surface area (Å²) in [6.45, 7) is 5.51. The van der Waals surface area contributed by atoms with Crippen LogP contribution in [-0.4, -0.2) is 43.1 Å². The third-order valence-corrected chi connectivity index (χ3v) is 3.12. The Morgan fingerprint density at radius 2 is 1.54 bits per heavy atom. The van der Waals surface area contributed by atoms with E-state index in [-0.39, 0.29) is 43.7 Å². The highest BCUT2D eigenvalue weighted by atomic mass is 19.1. The summed E-state index contributed by atoms with van der Waals surface area (Å²) in [6, 6.07) is 5.99. The highest BCUT2D eigenvalue weighted by molar-refractivity contribution is 5.82. The molecular formula is C18H26FN3O4. The standard InChI is InChI=1S/C18H26FN3O4/c1-18(2,3)26-17(25)22-12-16(24)21-11-10-20-15(23)9-6-13-4-7-14(19)8-5-13/h4-5,7-8H,6,9-12H2,1-3H3,(H,20,23)(H,21,24)(H,22,25). The molecule has 1 aromatic carbocycles. The second-order valence-electron chi connectivity index (χ2n) is 6.68. The molecule has 3 amide bonds. The quantitative estimate of drug-likeness (QED) is 0.607. The van der Waals surface area contributed by atoms with E-state index in [1.165, 1.54) is 12.1 Å². The summed E-state index contributed by atoms with van der Waals surface area (Å²) in [5.74, 6) is -0.845. The Bertz CT molecular complexity index is 612. The van der Waals surface area contributed by atoms with Crippen molar-refractivity contribution in [3.8, 4) is 0 Å². The first-order chi connectivity index (χ1) is 12.2. The van der Waals surface area contributed by atoms with Gasteiger partial charge in [0.2, 0.25) is 11.8 Å². The number of ether oxygens (including phenoxy) is 1.